The third-order valence-corrected chi connectivity index (χ3v) is 7.74. The molecule has 0 aliphatic heterocycles. The normalized spacial score (nSPS) is 12.3. The molecule has 244 valence electrons. The molecule has 1 unspecified atom stereocenters. The molecule has 1 atom stereocenters. The van der Waals surface area contributed by atoms with E-state index in [4.69, 9.17) is 24.9 Å². The third-order valence-electron chi connectivity index (χ3n) is 7.74. The summed E-state index contributed by atoms with van der Waals surface area (Å²) in [6.45, 7) is 9.48. The number of methoxy groups -OCH3 is 1. The Labute approximate surface area is 263 Å². The van der Waals surface area contributed by atoms with Crippen LogP contribution >= 0.6 is 0 Å². The van der Waals surface area contributed by atoms with Crippen molar-refractivity contribution in [2.75, 3.05) is 58.8 Å². The van der Waals surface area contributed by atoms with Gasteiger partial charge in [-0.3, -0.25) is 9.69 Å². The highest BCUT2D eigenvalue weighted by Gasteiger charge is 2.20. The molecule has 0 aliphatic carbocycles. The standard InChI is InChI=1S/C33H45FN6O5/c1-5-38(6-2)21-29(41)39(20-23-13-14-25(34)27(19-23)45-22-30(42)44-7-3)16-10-17-40-28(15-18-43-4)37-31-32(40)24-11-8-9-12-26(24)36-33(31)35/h8-9,11-14,19,30,42H,5-7,10,15-18,20-22H2,1-4H3,(H2,35,36). The molecule has 0 aliphatic rings. The van der Waals surface area contributed by atoms with Crippen LogP contribution in [-0.4, -0.2) is 94.7 Å². The Kier molecular flexibility index (Phi) is 12.5. The van der Waals surface area contributed by atoms with Crippen molar-refractivity contribution < 1.29 is 28.5 Å². The lowest BCUT2D eigenvalue weighted by atomic mass is 10.1. The molecule has 0 saturated heterocycles. The van der Waals surface area contributed by atoms with Gasteiger partial charge < -0.3 is 34.5 Å². The number of nitrogens with zero attached hydrogens (tertiary/aromatic N) is 5. The van der Waals surface area contributed by atoms with Gasteiger partial charge in [0.2, 0.25) is 5.91 Å². The summed E-state index contributed by atoms with van der Waals surface area (Å²) >= 11 is 0. The van der Waals surface area contributed by atoms with E-state index in [2.05, 4.69) is 14.5 Å². The summed E-state index contributed by atoms with van der Waals surface area (Å²) in [6, 6.07) is 12.4. The molecule has 0 spiro atoms. The van der Waals surface area contributed by atoms with Gasteiger partial charge in [-0.1, -0.05) is 38.1 Å². The highest BCUT2D eigenvalue weighted by atomic mass is 19.1. The number of nitrogens with two attached hydrogens (primary N) is 1. The highest BCUT2D eigenvalue weighted by molar-refractivity contribution is 6.06. The fraction of sp³-hybridized carbons (Fsp3) is 0.485. The SMILES string of the molecule is CCOC(O)COc1cc(CN(CCCn2c(CCOC)nc3c(N)nc4ccccc4c32)C(=O)CN(CC)CC)ccc1F. The molecule has 1 amide bonds. The number of imidazole rings is 1. The monoisotopic (exact) mass is 624 g/mol. The maximum atomic E-state index is 14.6. The Bertz CT molecular complexity index is 1560. The number of fused-ring (bicyclic) bond motifs is 3. The maximum absolute atomic E-state index is 14.6. The van der Waals surface area contributed by atoms with E-state index in [1.165, 1.54) is 6.07 Å². The number of benzene rings is 2. The molecule has 0 radical (unpaired) electrons. The summed E-state index contributed by atoms with van der Waals surface area (Å²) in [5.74, 6) is 0.631. The zero-order chi connectivity index (χ0) is 32.3. The predicted molar refractivity (Wildman–Crippen MR) is 172 cm³/mol. The number of aliphatic hydroxyl groups is 1. The molecule has 0 fully saturated rings. The minimum Gasteiger partial charge on any atom is -0.485 e. The lowest BCUT2D eigenvalue weighted by Gasteiger charge is -2.27. The van der Waals surface area contributed by atoms with Crippen LogP contribution in [0.3, 0.4) is 0 Å². The number of nitrogen functional groups attached to an aromatic ring is 1. The van der Waals surface area contributed by atoms with Crippen molar-refractivity contribution in [3.8, 4) is 5.75 Å². The van der Waals surface area contributed by atoms with Gasteiger partial charge in [0, 0.05) is 45.2 Å². The number of carbonyl (C=O) groups excluding carboxylic acids is 1. The van der Waals surface area contributed by atoms with Crippen molar-refractivity contribution in [1.82, 2.24) is 24.3 Å². The Morgan fingerprint density at radius 2 is 1.91 bits per heavy atom. The summed E-state index contributed by atoms with van der Waals surface area (Å²) in [5.41, 5.74) is 9.43. The van der Waals surface area contributed by atoms with Crippen molar-refractivity contribution in [3.05, 3.63) is 59.7 Å². The summed E-state index contributed by atoms with van der Waals surface area (Å²) in [6.07, 6.45) is 0.0678. The molecular formula is C33H45FN6O5. The molecular weight excluding hydrogens is 579 g/mol. The van der Waals surface area contributed by atoms with Gasteiger partial charge in [-0.2, -0.15) is 0 Å². The summed E-state index contributed by atoms with van der Waals surface area (Å²) in [7, 11) is 1.66. The Hall–Kier alpha value is -3.84. The van der Waals surface area contributed by atoms with Crippen LogP contribution in [0.1, 0.15) is 38.6 Å². The number of para-hydroxylation sites is 1. The van der Waals surface area contributed by atoms with Gasteiger partial charge in [0.1, 0.15) is 17.9 Å². The van der Waals surface area contributed by atoms with Gasteiger partial charge in [-0.05, 0) is 50.2 Å². The number of likely N-dealkylation sites (N-methyl/N-ethyl adjacent to an activating group) is 1. The van der Waals surface area contributed by atoms with E-state index in [1.807, 2.05) is 38.1 Å². The summed E-state index contributed by atoms with van der Waals surface area (Å²) in [5, 5.41) is 10.8. The van der Waals surface area contributed by atoms with Crippen LogP contribution in [0.2, 0.25) is 0 Å². The predicted octanol–water partition coefficient (Wildman–Crippen LogP) is 3.99. The number of hydrogen-bond donors (Lipinski definition) is 2. The molecule has 4 rings (SSSR count). The zero-order valence-corrected chi connectivity index (χ0v) is 26.7. The molecule has 11 nitrogen and oxygen atoms in total. The molecule has 4 aromatic rings. The van der Waals surface area contributed by atoms with Crippen molar-refractivity contribution >= 4 is 33.7 Å². The molecule has 0 saturated carbocycles. The number of rotatable bonds is 18. The number of aromatic nitrogens is 3. The number of pyridine rings is 1. The van der Waals surface area contributed by atoms with Crippen LogP contribution in [0.4, 0.5) is 10.2 Å². The number of aliphatic hydroxyl groups excluding tert-OH is 1. The number of anilines is 1. The van der Waals surface area contributed by atoms with Gasteiger partial charge >= 0.3 is 0 Å². The maximum Gasteiger partial charge on any atom is 0.237 e. The van der Waals surface area contributed by atoms with E-state index < -0.39 is 12.1 Å². The molecule has 12 heteroatoms. The third kappa shape index (κ3) is 8.66. The van der Waals surface area contributed by atoms with E-state index in [1.54, 1.807) is 31.1 Å². The molecule has 2 aromatic heterocycles. The molecule has 45 heavy (non-hydrogen) atoms. The molecule has 2 heterocycles. The first-order valence-corrected chi connectivity index (χ1v) is 15.5. The number of aryl methyl sites for hydroxylation is 1. The van der Waals surface area contributed by atoms with E-state index >= 15 is 0 Å². The van der Waals surface area contributed by atoms with Gasteiger partial charge in [0.25, 0.3) is 0 Å². The minimum absolute atomic E-state index is 0.00635. The first-order valence-electron chi connectivity index (χ1n) is 15.5. The number of ether oxygens (including phenoxy) is 3. The van der Waals surface area contributed by atoms with Crippen LogP contribution in [0.15, 0.2) is 42.5 Å². The minimum atomic E-state index is -1.17. The number of hydrogen-bond acceptors (Lipinski definition) is 9. The largest absolute Gasteiger partial charge is 0.485 e. The average Bonchev–Trinajstić information content (AvgIpc) is 3.41. The Morgan fingerprint density at radius 1 is 1.13 bits per heavy atom. The second-order valence-electron chi connectivity index (χ2n) is 10.7. The van der Waals surface area contributed by atoms with E-state index in [0.717, 1.165) is 35.3 Å². The smallest absolute Gasteiger partial charge is 0.237 e. The number of amides is 1. The van der Waals surface area contributed by atoms with Crippen LogP contribution in [0, 0.1) is 5.82 Å². The Morgan fingerprint density at radius 3 is 2.64 bits per heavy atom. The lowest BCUT2D eigenvalue weighted by Crippen LogP contribution is -2.40. The topological polar surface area (TPSA) is 128 Å². The number of carbonyl (C=O) groups is 1. The summed E-state index contributed by atoms with van der Waals surface area (Å²) < 4.78 is 32.6. The van der Waals surface area contributed by atoms with Crippen LogP contribution < -0.4 is 10.5 Å². The van der Waals surface area contributed by atoms with Crippen molar-refractivity contribution in [2.45, 2.75) is 53.0 Å². The second kappa shape index (κ2) is 16.5. The quantitative estimate of drug-likeness (QED) is 0.158. The van der Waals surface area contributed by atoms with Crippen LogP contribution in [0.5, 0.6) is 5.75 Å². The van der Waals surface area contributed by atoms with Crippen LogP contribution in [0.25, 0.3) is 21.9 Å². The number of halogens is 1. The van der Waals surface area contributed by atoms with E-state index in [-0.39, 0.29) is 31.4 Å². The second-order valence-corrected chi connectivity index (χ2v) is 10.7. The average molecular weight is 625 g/mol. The van der Waals surface area contributed by atoms with Crippen molar-refractivity contribution in [3.63, 3.8) is 0 Å². The first kappa shape index (κ1) is 34.0. The van der Waals surface area contributed by atoms with Gasteiger partial charge in [-0.15, -0.1) is 0 Å². The van der Waals surface area contributed by atoms with Crippen LogP contribution in [-0.2, 0) is 33.8 Å². The molecule has 2 aromatic carbocycles. The lowest BCUT2D eigenvalue weighted by molar-refractivity contribution is -0.133. The zero-order valence-electron chi connectivity index (χ0n) is 26.7. The molecule has 3 N–H and O–H groups in total. The van der Waals surface area contributed by atoms with Crippen molar-refractivity contribution in [2.24, 2.45) is 0 Å². The van der Waals surface area contributed by atoms with E-state index in [9.17, 15) is 14.3 Å². The fourth-order valence-corrected chi connectivity index (χ4v) is 5.36. The Balaban J connectivity index is 1.59. The van der Waals surface area contributed by atoms with Crippen molar-refractivity contribution in [1.29, 1.82) is 0 Å². The fourth-order valence-electron chi connectivity index (χ4n) is 5.36. The van der Waals surface area contributed by atoms with Gasteiger partial charge in [0.05, 0.1) is 24.2 Å². The van der Waals surface area contributed by atoms with Gasteiger partial charge in [-0.25, -0.2) is 14.4 Å². The first-order chi connectivity index (χ1) is 21.8. The highest BCUT2D eigenvalue weighted by Crippen LogP contribution is 2.29. The van der Waals surface area contributed by atoms with Gasteiger partial charge in [0.15, 0.2) is 23.7 Å². The molecule has 0 bridgehead atoms. The van der Waals surface area contributed by atoms with E-state index in [0.29, 0.717) is 56.0 Å². The summed E-state index contributed by atoms with van der Waals surface area (Å²) in [4.78, 5) is 26.9.